The second kappa shape index (κ2) is 7.53. The summed E-state index contributed by atoms with van der Waals surface area (Å²) >= 11 is 0. The number of amides is 1. The fraction of sp³-hybridized carbons (Fsp3) is 0.889. The van der Waals surface area contributed by atoms with Crippen LogP contribution < -0.4 is 10.6 Å². The van der Waals surface area contributed by atoms with Gasteiger partial charge in [-0.25, -0.2) is 0 Å². The molecular formula is C9H14F6N2O2. The molecule has 2 N–H and O–H groups in total. The Bertz CT molecular complexity index is 279. The van der Waals surface area contributed by atoms with Crippen molar-refractivity contribution in [3.05, 3.63) is 0 Å². The number of ether oxygens (including phenoxy) is 1. The van der Waals surface area contributed by atoms with E-state index in [1.165, 1.54) is 6.92 Å². The summed E-state index contributed by atoms with van der Waals surface area (Å²) in [5, 5.41) is 4.07. The molecule has 0 aromatic carbocycles. The van der Waals surface area contributed by atoms with Gasteiger partial charge in [0.25, 0.3) is 0 Å². The number of carbonyl (C=O) groups excluding carboxylic acids is 1. The third-order valence-electron chi connectivity index (χ3n) is 1.82. The Balaban J connectivity index is 3.69. The average molecular weight is 296 g/mol. The van der Waals surface area contributed by atoms with Crippen LogP contribution in [-0.4, -0.2) is 50.6 Å². The van der Waals surface area contributed by atoms with Crippen LogP contribution in [0.3, 0.4) is 0 Å². The van der Waals surface area contributed by atoms with Crippen LogP contribution in [0.4, 0.5) is 26.3 Å². The highest BCUT2D eigenvalue weighted by Crippen LogP contribution is 2.14. The maximum Gasteiger partial charge on any atom is 0.411 e. The minimum Gasteiger partial charge on any atom is -0.371 e. The van der Waals surface area contributed by atoms with Gasteiger partial charge < -0.3 is 15.4 Å². The van der Waals surface area contributed by atoms with Gasteiger partial charge in [-0.15, -0.1) is 0 Å². The number of alkyl halides is 6. The second-order valence-electron chi connectivity index (χ2n) is 3.68. The molecule has 0 rings (SSSR count). The molecular weight excluding hydrogens is 282 g/mol. The van der Waals surface area contributed by atoms with Gasteiger partial charge in [0, 0.05) is 6.54 Å². The normalized spacial score (nSPS) is 14.3. The topological polar surface area (TPSA) is 50.4 Å². The highest BCUT2D eigenvalue weighted by atomic mass is 19.4. The quantitative estimate of drug-likeness (QED) is 0.549. The first-order valence-electron chi connectivity index (χ1n) is 5.23. The van der Waals surface area contributed by atoms with Crippen molar-refractivity contribution in [1.82, 2.24) is 10.6 Å². The molecule has 0 heterocycles. The van der Waals surface area contributed by atoms with E-state index in [2.05, 4.69) is 10.1 Å². The van der Waals surface area contributed by atoms with Crippen molar-refractivity contribution in [3.63, 3.8) is 0 Å². The molecule has 1 unspecified atom stereocenters. The van der Waals surface area contributed by atoms with Gasteiger partial charge in [0.15, 0.2) is 0 Å². The first-order chi connectivity index (χ1) is 8.51. The summed E-state index contributed by atoms with van der Waals surface area (Å²) in [6.07, 6.45) is -8.94. The van der Waals surface area contributed by atoms with Crippen LogP contribution in [0.1, 0.15) is 6.92 Å². The molecule has 4 nitrogen and oxygen atoms in total. The van der Waals surface area contributed by atoms with Crippen LogP contribution in [0.25, 0.3) is 0 Å². The summed E-state index contributed by atoms with van der Waals surface area (Å²) in [7, 11) is 0. The number of hydrogen-bond donors (Lipinski definition) is 2. The minimum atomic E-state index is -4.51. The fourth-order valence-corrected chi connectivity index (χ4v) is 0.969. The molecule has 0 fully saturated rings. The van der Waals surface area contributed by atoms with Crippen molar-refractivity contribution in [2.24, 2.45) is 0 Å². The van der Waals surface area contributed by atoms with Gasteiger partial charge >= 0.3 is 12.4 Å². The van der Waals surface area contributed by atoms with Crippen molar-refractivity contribution < 1.29 is 35.9 Å². The van der Waals surface area contributed by atoms with Gasteiger partial charge in [-0.2, -0.15) is 26.3 Å². The number of carbonyl (C=O) groups is 1. The molecule has 0 aromatic rings. The van der Waals surface area contributed by atoms with Crippen LogP contribution in [0.15, 0.2) is 0 Å². The molecule has 0 aliphatic rings. The summed E-state index contributed by atoms with van der Waals surface area (Å²) in [5.74, 6) is -0.895. The van der Waals surface area contributed by atoms with Gasteiger partial charge in [0.05, 0.1) is 12.6 Å². The van der Waals surface area contributed by atoms with Crippen LogP contribution >= 0.6 is 0 Å². The van der Waals surface area contributed by atoms with Crippen LogP contribution in [0, 0.1) is 0 Å². The lowest BCUT2D eigenvalue weighted by molar-refractivity contribution is -0.173. The van der Waals surface area contributed by atoms with Gasteiger partial charge in [-0.3, -0.25) is 4.79 Å². The Kier molecular flexibility index (Phi) is 7.12. The summed E-state index contributed by atoms with van der Waals surface area (Å²) in [4.78, 5) is 11.1. The molecule has 0 aliphatic carbocycles. The molecule has 1 amide bonds. The Hall–Kier alpha value is -1.03. The minimum absolute atomic E-state index is 0.0866. The predicted octanol–water partition coefficient (Wildman–Crippen LogP) is 1.22. The number of hydrogen-bond acceptors (Lipinski definition) is 3. The SMILES string of the molecule is CC(NCCOCC(F)(F)F)C(=O)NCC(F)(F)F. The van der Waals surface area contributed by atoms with E-state index >= 15 is 0 Å². The van der Waals surface area contributed by atoms with Crippen molar-refractivity contribution in [2.75, 3.05) is 26.3 Å². The molecule has 0 saturated heterocycles. The molecule has 0 aliphatic heterocycles. The Morgan fingerprint density at radius 1 is 1.16 bits per heavy atom. The molecule has 1 atom stereocenters. The van der Waals surface area contributed by atoms with Crippen molar-refractivity contribution in [2.45, 2.75) is 25.3 Å². The van der Waals surface area contributed by atoms with Crippen molar-refractivity contribution in [1.29, 1.82) is 0 Å². The van der Waals surface area contributed by atoms with Crippen LogP contribution in [0.5, 0.6) is 0 Å². The zero-order valence-electron chi connectivity index (χ0n) is 9.99. The summed E-state index contributed by atoms with van der Waals surface area (Å²) in [6.45, 7) is -1.98. The standard InChI is InChI=1S/C9H14F6N2O2/c1-6(7(18)17-4-8(10,11)12)16-2-3-19-5-9(13,14)15/h6,16H,2-5H2,1H3,(H,17,18). The van der Waals surface area contributed by atoms with Gasteiger partial charge in [-0.1, -0.05) is 0 Å². The largest absolute Gasteiger partial charge is 0.411 e. The highest BCUT2D eigenvalue weighted by Gasteiger charge is 2.29. The molecule has 0 bridgehead atoms. The first-order valence-corrected chi connectivity index (χ1v) is 5.23. The summed E-state index contributed by atoms with van der Waals surface area (Å²) in [6, 6.07) is -0.961. The molecule has 114 valence electrons. The van der Waals surface area contributed by atoms with Crippen molar-refractivity contribution >= 4 is 5.91 Å². The second-order valence-corrected chi connectivity index (χ2v) is 3.68. The summed E-state index contributed by atoms with van der Waals surface area (Å²) in [5.41, 5.74) is 0. The lowest BCUT2D eigenvalue weighted by Gasteiger charge is -2.15. The zero-order valence-corrected chi connectivity index (χ0v) is 9.99. The summed E-state index contributed by atoms with van der Waals surface area (Å²) < 4.78 is 74.6. The first kappa shape index (κ1) is 18.0. The Labute approximate surface area is 105 Å². The lowest BCUT2D eigenvalue weighted by atomic mass is 10.3. The number of halogens is 6. The van der Waals surface area contributed by atoms with Crippen molar-refractivity contribution in [3.8, 4) is 0 Å². The van der Waals surface area contributed by atoms with E-state index in [-0.39, 0.29) is 13.2 Å². The third-order valence-corrected chi connectivity index (χ3v) is 1.82. The Morgan fingerprint density at radius 3 is 2.21 bits per heavy atom. The highest BCUT2D eigenvalue weighted by molar-refractivity contribution is 5.81. The maximum atomic E-state index is 11.8. The molecule has 19 heavy (non-hydrogen) atoms. The van der Waals surface area contributed by atoms with Crippen LogP contribution in [-0.2, 0) is 9.53 Å². The molecule has 0 aromatic heterocycles. The number of nitrogens with one attached hydrogen (secondary N) is 2. The number of rotatable bonds is 7. The predicted molar refractivity (Wildman–Crippen MR) is 53.4 cm³/mol. The van der Waals surface area contributed by atoms with Gasteiger partial charge in [0.2, 0.25) is 5.91 Å². The molecule has 10 heteroatoms. The Morgan fingerprint density at radius 2 is 1.74 bits per heavy atom. The van der Waals surface area contributed by atoms with E-state index in [1.54, 1.807) is 5.32 Å². The fourth-order valence-electron chi connectivity index (χ4n) is 0.969. The van der Waals surface area contributed by atoms with Gasteiger partial charge in [0.1, 0.15) is 13.2 Å². The lowest BCUT2D eigenvalue weighted by Crippen LogP contribution is -2.46. The monoisotopic (exact) mass is 296 g/mol. The smallest absolute Gasteiger partial charge is 0.371 e. The van der Waals surface area contributed by atoms with Gasteiger partial charge in [-0.05, 0) is 6.92 Å². The molecule has 0 spiro atoms. The van der Waals surface area contributed by atoms with E-state index in [0.29, 0.717) is 0 Å². The van der Waals surface area contributed by atoms with E-state index in [0.717, 1.165) is 0 Å². The average Bonchev–Trinajstić information content (AvgIpc) is 2.22. The van der Waals surface area contributed by atoms with Crippen LogP contribution in [0.2, 0.25) is 0 Å². The molecule has 0 radical (unpaired) electrons. The maximum absolute atomic E-state index is 11.8. The molecule has 0 saturated carbocycles. The third kappa shape index (κ3) is 11.8. The zero-order chi connectivity index (χ0) is 15.1. The van der Waals surface area contributed by atoms with E-state index < -0.39 is 37.5 Å². The van der Waals surface area contributed by atoms with E-state index in [1.807, 2.05) is 0 Å². The van der Waals surface area contributed by atoms with E-state index in [9.17, 15) is 31.1 Å². The van der Waals surface area contributed by atoms with E-state index in [4.69, 9.17) is 0 Å².